The van der Waals surface area contributed by atoms with Gasteiger partial charge in [0.1, 0.15) is 12.1 Å². The van der Waals surface area contributed by atoms with Crippen LogP contribution >= 0.6 is 11.6 Å². The van der Waals surface area contributed by atoms with E-state index in [1.807, 2.05) is 0 Å². The highest BCUT2D eigenvalue weighted by Gasteiger charge is 2.20. The van der Waals surface area contributed by atoms with Gasteiger partial charge in [0.15, 0.2) is 9.84 Å². The predicted molar refractivity (Wildman–Crippen MR) is 148 cm³/mol. The Bertz CT molecular complexity index is 1570. The number of hydrogen-bond acceptors (Lipinski definition) is 6. The second-order valence-corrected chi connectivity index (χ2v) is 12.7. The van der Waals surface area contributed by atoms with Crippen molar-refractivity contribution in [2.24, 2.45) is 4.40 Å². The summed E-state index contributed by atoms with van der Waals surface area (Å²) in [6, 6.07) is 15.6. The molecule has 1 N–H and O–H groups in total. The van der Waals surface area contributed by atoms with Crippen LogP contribution in [-0.4, -0.2) is 68.0 Å². The number of benzene rings is 3. The number of amides is 1. The fraction of sp³-hybridized carbons (Fsp3) is 0.231. The van der Waals surface area contributed by atoms with Crippen LogP contribution in [0, 0.1) is 0 Å². The molecule has 1 amide bonds. The Morgan fingerprint density at radius 2 is 1.71 bits per heavy atom. The number of halogens is 1. The van der Waals surface area contributed by atoms with Crippen LogP contribution in [0.2, 0.25) is 5.02 Å². The van der Waals surface area contributed by atoms with Gasteiger partial charge in [-0.05, 0) is 53.9 Å². The van der Waals surface area contributed by atoms with Crippen molar-refractivity contribution in [1.29, 1.82) is 0 Å². The molecule has 0 atom stereocenters. The minimum Gasteiger partial charge on any atom is -0.496 e. The monoisotopic (exact) mass is 577 g/mol. The number of sulfonamides is 1. The Labute approximate surface area is 228 Å². The molecule has 0 aliphatic carbocycles. The first-order chi connectivity index (χ1) is 17.8. The van der Waals surface area contributed by atoms with Crippen LogP contribution in [0.5, 0.6) is 5.75 Å². The highest BCUT2D eigenvalue weighted by molar-refractivity contribution is 7.90. The Hall–Kier alpha value is -3.41. The fourth-order valence-corrected chi connectivity index (χ4v) is 5.54. The first-order valence-corrected chi connectivity index (χ1v) is 15.0. The molecule has 3 aromatic rings. The molecule has 0 aromatic heterocycles. The van der Waals surface area contributed by atoms with Crippen molar-refractivity contribution in [3.05, 3.63) is 76.8 Å². The van der Waals surface area contributed by atoms with Crippen LogP contribution in [0.4, 0.5) is 0 Å². The Morgan fingerprint density at radius 1 is 1.03 bits per heavy atom. The summed E-state index contributed by atoms with van der Waals surface area (Å²) in [5, 5.41) is 3.19. The summed E-state index contributed by atoms with van der Waals surface area (Å²) in [7, 11) is -2.75. The van der Waals surface area contributed by atoms with E-state index in [4.69, 9.17) is 16.3 Å². The van der Waals surface area contributed by atoms with E-state index < -0.39 is 19.9 Å². The van der Waals surface area contributed by atoms with Gasteiger partial charge in [0.25, 0.3) is 15.9 Å². The van der Waals surface area contributed by atoms with Crippen molar-refractivity contribution in [3.8, 4) is 16.9 Å². The zero-order chi connectivity index (χ0) is 28.1. The van der Waals surface area contributed by atoms with Crippen molar-refractivity contribution < 1.29 is 26.4 Å². The van der Waals surface area contributed by atoms with Crippen LogP contribution in [0.3, 0.4) is 0 Å². The fourth-order valence-electron chi connectivity index (χ4n) is 3.54. The summed E-state index contributed by atoms with van der Waals surface area (Å²) in [5.74, 6) is 0.000595. The molecule has 0 saturated carbocycles. The number of ether oxygens (including phenoxy) is 1. The van der Waals surface area contributed by atoms with Crippen molar-refractivity contribution in [2.45, 2.75) is 16.2 Å². The van der Waals surface area contributed by atoms with Crippen LogP contribution in [0.1, 0.15) is 15.9 Å². The van der Waals surface area contributed by atoms with Gasteiger partial charge < -0.3 is 15.0 Å². The molecular weight excluding hydrogens is 550 g/mol. The number of nitrogens with zero attached hydrogens (tertiary/aromatic N) is 2. The van der Waals surface area contributed by atoms with Crippen LogP contribution in [-0.2, 0) is 26.3 Å². The molecular formula is C26H28ClN3O6S2. The standard InChI is InChI=1S/C26H28ClN3O6S2/c1-30(2)17-29-38(34,35)25-15-18(5-11-22(25)19-6-9-21(10-7-19)37(4,32)33)13-14-28-26(31)23-16-20(27)8-12-24(23)36-3/h5-12,15-17H,13-14H2,1-4H3,(H,28,31). The average molecular weight is 578 g/mol. The van der Waals surface area contributed by atoms with E-state index in [2.05, 4.69) is 9.71 Å². The molecule has 3 rings (SSSR count). The lowest BCUT2D eigenvalue weighted by Crippen LogP contribution is -2.26. The third-order valence-corrected chi connectivity index (χ3v) is 8.07. The van der Waals surface area contributed by atoms with E-state index in [-0.39, 0.29) is 27.8 Å². The molecule has 3 aromatic carbocycles. The molecule has 9 nitrogen and oxygen atoms in total. The maximum Gasteiger partial charge on any atom is 0.284 e. The molecule has 38 heavy (non-hydrogen) atoms. The number of rotatable bonds is 10. The van der Waals surface area contributed by atoms with Gasteiger partial charge in [0.05, 0.1) is 22.5 Å². The van der Waals surface area contributed by atoms with Gasteiger partial charge in [-0.15, -0.1) is 4.40 Å². The van der Waals surface area contributed by atoms with Gasteiger partial charge in [-0.25, -0.2) is 8.42 Å². The third-order valence-electron chi connectivity index (χ3n) is 5.44. The Kier molecular flexibility index (Phi) is 9.18. The highest BCUT2D eigenvalue weighted by Crippen LogP contribution is 2.31. The molecule has 0 aliphatic rings. The molecule has 0 unspecified atom stereocenters. The summed E-state index contributed by atoms with van der Waals surface area (Å²) in [4.78, 5) is 14.3. The van der Waals surface area contributed by atoms with Crippen molar-refractivity contribution in [1.82, 2.24) is 10.2 Å². The Balaban J connectivity index is 1.91. The van der Waals surface area contributed by atoms with Crippen LogP contribution in [0.25, 0.3) is 11.1 Å². The summed E-state index contributed by atoms with van der Waals surface area (Å²) < 4.78 is 59.0. The van der Waals surface area contributed by atoms with Gasteiger partial charge in [-0.1, -0.05) is 35.9 Å². The van der Waals surface area contributed by atoms with Crippen molar-refractivity contribution in [2.75, 3.05) is 34.0 Å². The molecule has 0 radical (unpaired) electrons. The Morgan fingerprint density at radius 3 is 2.32 bits per heavy atom. The molecule has 0 heterocycles. The summed E-state index contributed by atoms with van der Waals surface area (Å²) in [6.45, 7) is 0.220. The predicted octanol–water partition coefficient (Wildman–Crippen LogP) is 3.67. The topological polar surface area (TPSA) is 122 Å². The first-order valence-electron chi connectivity index (χ1n) is 11.3. The van der Waals surface area contributed by atoms with Crippen LogP contribution < -0.4 is 10.1 Å². The van der Waals surface area contributed by atoms with Gasteiger partial charge >= 0.3 is 0 Å². The lowest BCUT2D eigenvalue weighted by atomic mass is 10.0. The number of carbonyl (C=O) groups excluding carboxylic acids is 1. The zero-order valence-electron chi connectivity index (χ0n) is 21.3. The summed E-state index contributed by atoms with van der Waals surface area (Å²) in [6.07, 6.45) is 2.63. The summed E-state index contributed by atoms with van der Waals surface area (Å²) in [5.41, 5.74) is 1.83. The average Bonchev–Trinajstić information content (AvgIpc) is 2.87. The molecule has 0 bridgehead atoms. The van der Waals surface area contributed by atoms with Gasteiger partial charge in [0.2, 0.25) is 0 Å². The zero-order valence-corrected chi connectivity index (χ0v) is 23.7. The summed E-state index contributed by atoms with van der Waals surface area (Å²) >= 11 is 6.01. The number of hydrogen-bond donors (Lipinski definition) is 1. The van der Waals surface area contributed by atoms with E-state index in [9.17, 15) is 21.6 Å². The van der Waals surface area contributed by atoms with Crippen molar-refractivity contribution >= 4 is 43.7 Å². The highest BCUT2D eigenvalue weighted by atomic mass is 35.5. The van der Waals surface area contributed by atoms with E-state index in [1.54, 1.807) is 50.5 Å². The molecule has 0 fully saturated rings. The van der Waals surface area contributed by atoms with E-state index in [0.717, 1.165) is 6.26 Å². The third kappa shape index (κ3) is 7.33. The number of methoxy groups -OCH3 is 1. The normalized spacial score (nSPS) is 11.9. The minimum atomic E-state index is -4.10. The number of nitrogens with one attached hydrogen (secondary N) is 1. The lowest BCUT2D eigenvalue weighted by Gasteiger charge is -2.13. The maximum absolute atomic E-state index is 13.2. The van der Waals surface area contributed by atoms with Gasteiger partial charge in [0, 0.05) is 37.5 Å². The smallest absolute Gasteiger partial charge is 0.284 e. The molecule has 202 valence electrons. The molecule has 0 spiro atoms. The van der Waals surface area contributed by atoms with E-state index in [0.29, 0.717) is 33.9 Å². The van der Waals surface area contributed by atoms with Gasteiger partial charge in [-0.3, -0.25) is 4.79 Å². The SMILES string of the molecule is COc1ccc(Cl)cc1C(=O)NCCc1ccc(-c2ccc(S(C)(=O)=O)cc2)c(S(=O)(=O)N=CN(C)C)c1. The van der Waals surface area contributed by atoms with E-state index in [1.165, 1.54) is 42.6 Å². The number of carbonyl (C=O) groups is 1. The first kappa shape index (κ1) is 29.2. The van der Waals surface area contributed by atoms with Crippen molar-refractivity contribution in [3.63, 3.8) is 0 Å². The second-order valence-electron chi connectivity index (χ2n) is 8.64. The molecule has 0 aliphatic heterocycles. The lowest BCUT2D eigenvalue weighted by molar-refractivity contribution is 0.0951. The number of sulfone groups is 1. The second kappa shape index (κ2) is 12.0. The quantitative estimate of drug-likeness (QED) is 0.288. The van der Waals surface area contributed by atoms with Gasteiger partial charge in [-0.2, -0.15) is 8.42 Å². The van der Waals surface area contributed by atoms with E-state index >= 15 is 0 Å². The minimum absolute atomic E-state index is 0.0388. The molecule has 0 saturated heterocycles. The molecule has 12 heteroatoms. The maximum atomic E-state index is 13.2. The largest absolute Gasteiger partial charge is 0.496 e. The van der Waals surface area contributed by atoms with Crippen LogP contribution in [0.15, 0.2) is 74.9 Å².